The summed E-state index contributed by atoms with van der Waals surface area (Å²) in [6, 6.07) is 4.14. The van der Waals surface area contributed by atoms with Gasteiger partial charge in [0, 0.05) is 13.1 Å². The summed E-state index contributed by atoms with van der Waals surface area (Å²) in [5, 5.41) is 3.55. The third-order valence-corrected chi connectivity index (χ3v) is 4.49. The molecule has 4 heteroatoms. The van der Waals surface area contributed by atoms with Crippen molar-refractivity contribution in [2.24, 2.45) is 11.1 Å². The number of aryl methyl sites for hydroxylation is 1. The van der Waals surface area contributed by atoms with E-state index in [1.807, 2.05) is 0 Å². The fourth-order valence-corrected chi connectivity index (χ4v) is 2.87. The Morgan fingerprint density at radius 2 is 2.00 bits per heavy atom. The Morgan fingerprint density at radius 3 is 2.63 bits per heavy atom. The number of hydrogen-bond donors (Lipinski definition) is 2. The van der Waals surface area contributed by atoms with Crippen LogP contribution in [0.4, 0.5) is 0 Å². The van der Waals surface area contributed by atoms with E-state index in [4.69, 9.17) is 15.2 Å². The Bertz CT molecular complexity index is 464. The summed E-state index contributed by atoms with van der Waals surface area (Å²) in [7, 11) is 0. The molecule has 0 atom stereocenters. The minimum atomic E-state index is 0.335. The van der Waals surface area contributed by atoms with E-state index in [1.165, 1.54) is 30.4 Å². The van der Waals surface area contributed by atoms with Gasteiger partial charge in [-0.1, -0.05) is 6.42 Å². The zero-order valence-electron chi connectivity index (χ0n) is 11.5. The molecule has 0 saturated heterocycles. The van der Waals surface area contributed by atoms with Crippen molar-refractivity contribution < 1.29 is 9.47 Å². The van der Waals surface area contributed by atoms with Crippen molar-refractivity contribution in [2.45, 2.75) is 32.7 Å². The molecule has 1 aliphatic heterocycles. The fourth-order valence-electron chi connectivity index (χ4n) is 2.87. The van der Waals surface area contributed by atoms with E-state index in [9.17, 15) is 0 Å². The minimum Gasteiger partial charge on any atom is -0.454 e. The van der Waals surface area contributed by atoms with Crippen molar-refractivity contribution in [1.82, 2.24) is 5.32 Å². The van der Waals surface area contributed by atoms with Gasteiger partial charge in [-0.3, -0.25) is 0 Å². The third kappa shape index (κ3) is 2.42. The number of hydrogen-bond acceptors (Lipinski definition) is 4. The number of ether oxygens (including phenoxy) is 2. The normalized spacial score (nSPS) is 19.3. The molecule has 4 nitrogen and oxygen atoms in total. The lowest BCUT2D eigenvalue weighted by Gasteiger charge is -2.41. The maximum atomic E-state index is 5.88. The second-order valence-corrected chi connectivity index (χ2v) is 5.79. The molecule has 0 spiro atoms. The van der Waals surface area contributed by atoms with E-state index in [0.717, 1.165) is 31.1 Å². The molecule has 1 saturated carbocycles. The minimum absolute atomic E-state index is 0.335. The van der Waals surface area contributed by atoms with Gasteiger partial charge in [-0.15, -0.1) is 0 Å². The summed E-state index contributed by atoms with van der Waals surface area (Å²) >= 11 is 0. The SMILES string of the molecule is Cc1cc2c(cc1CNCC1(CN)CCC1)OCO2. The Kier molecular flexibility index (Phi) is 3.37. The first-order valence-electron chi connectivity index (χ1n) is 7.02. The Hall–Kier alpha value is -1.26. The summed E-state index contributed by atoms with van der Waals surface area (Å²) in [6.07, 6.45) is 3.84. The molecule has 3 N–H and O–H groups in total. The van der Waals surface area contributed by atoms with Crippen LogP contribution >= 0.6 is 0 Å². The molecule has 0 bridgehead atoms. The molecule has 0 unspecified atom stereocenters. The lowest BCUT2D eigenvalue weighted by molar-refractivity contribution is 0.140. The van der Waals surface area contributed by atoms with E-state index in [0.29, 0.717) is 12.2 Å². The Labute approximate surface area is 114 Å². The van der Waals surface area contributed by atoms with Crippen molar-refractivity contribution in [3.63, 3.8) is 0 Å². The maximum Gasteiger partial charge on any atom is 0.231 e. The van der Waals surface area contributed by atoms with Gasteiger partial charge in [0.15, 0.2) is 11.5 Å². The molecule has 19 heavy (non-hydrogen) atoms. The molecule has 1 aliphatic carbocycles. The highest BCUT2D eigenvalue weighted by molar-refractivity contribution is 5.48. The lowest BCUT2D eigenvalue weighted by atomic mass is 9.69. The van der Waals surface area contributed by atoms with Crippen LogP contribution < -0.4 is 20.5 Å². The number of nitrogens with one attached hydrogen (secondary N) is 1. The topological polar surface area (TPSA) is 56.5 Å². The van der Waals surface area contributed by atoms with Gasteiger partial charge in [-0.05, 0) is 55.0 Å². The molecule has 0 aromatic heterocycles. The first-order chi connectivity index (χ1) is 9.22. The molecular formula is C15H22N2O2. The summed E-state index contributed by atoms with van der Waals surface area (Å²) < 4.78 is 10.8. The van der Waals surface area contributed by atoms with Gasteiger partial charge in [0.25, 0.3) is 0 Å². The van der Waals surface area contributed by atoms with Gasteiger partial charge < -0.3 is 20.5 Å². The van der Waals surface area contributed by atoms with E-state index in [-0.39, 0.29) is 0 Å². The summed E-state index contributed by atoms with van der Waals surface area (Å²) in [4.78, 5) is 0. The first kappa shape index (κ1) is 12.8. The molecule has 0 radical (unpaired) electrons. The van der Waals surface area contributed by atoms with Crippen LogP contribution in [0.1, 0.15) is 30.4 Å². The van der Waals surface area contributed by atoms with Crippen LogP contribution in [0, 0.1) is 12.3 Å². The second kappa shape index (κ2) is 5.02. The van der Waals surface area contributed by atoms with E-state index in [2.05, 4.69) is 24.4 Å². The molecule has 1 aromatic rings. The van der Waals surface area contributed by atoms with Crippen LogP contribution in [0.25, 0.3) is 0 Å². The van der Waals surface area contributed by atoms with Gasteiger partial charge in [-0.25, -0.2) is 0 Å². The van der Waals surface area contributed by atoms with Gasteiger partial charge >= 0.3 is 0 Å². The predicted octanol–water partition coefficient (Wildman–Crippen LogP) is 1.94. The smallest absolute Gasteiger partial charge is 0.231 e. The van der Waals surface area contributed by atoms with Crippen LogP contribution in [-0.4, -0.2) is 19.9 Å². The highest BCUT2D eigenvalue weighted by Gasteiger charge is 2.34. The van der Waals surface area contributed by atoms with E-state index >= 15 is 0 Å². The van der Waals surface area contributed by atoms with Gasteiger partial charge in [0.05, 0.1) is 0 Å². The zero-order valence-corrected chi connectivity index (χ0v) is 11.5. The highest BCUT2D eigenvalue weighted by atomic mass is 16.7. The Balaban J connectivity index is 1.61. The Morgan fingerprint density at radius 1 is 1.26 bits per heavy atom. The standard InChI is InChI=1S/C15H22N2O2/c1-11-5-13-14(19-10-18-13)6-12(11)7-17-9-15(8-16)3-2-4-15/h5-6,17H,2-4,7-10,16H2,1H3. The number of benzene rings is 1. The molecule has 1 fully saturated rings. The zero-order chi connectivity index (χ0) is 13.3. The molecule has 3 rings (SSSR count). The molecule has 0 amide bonds. The van der Waals surface area contributed by atoms with Crippen LogP contribution in [-0.2, 0) is 6.54 Å². The lowest BCUT2D eigenvalue weighted by Crippen LogP contribution is -2.45. The van der Waals surface area contributed by atoms with Crippen LogP contribution in [0.2, 0.25) is 0 Å². The van der Waals surface area contributed by atoms with Gasteiger partial charge in [0.2, 0.25) is 6.79 Å². The number of rotatable bonds is 5. The van der Waals surface area contributed by atoms with E-state index in [1.54, 1.807) is 0 Å². The molecule has 2 aliphatic rings. The maximum absolute atomic E-state index is 5.88. The monoisotopic (exact) mass is 262 g/mol. The second-order valence-electron chi connectivity index (χ2n) is 5.79. The quantitative estimate of drug-likeness (QED) is 0.851. The van der Waals surface area contributed by atoms with Crippen LogP contribution in [0.3, 0.4) is 0 Å². The molecular weight excluding hydrogens is 240 g/mol. The first-order valence-corrected chi connectivity index (χ1v) is 7.02. The third-order valence-electron chi connectivity index (χ3n) is 4.49. The van der Waals surface area contributed by atoms with Crippen molar-refractivity contribution in [2.75, 3.05) is 19.9 Å². The van der Waals surface area contributed by atoms with Crippen molar-refractivity contribution in [3.05, 3.63) is 23.3 Å². The highest BCUT2D eigenvalue weighted by Crippen LogP contribution is 2.39. The predicted molar refractivity (Wildman–Crippen MR) is 74.3 cm³/mol. The van der Waals surface area contributed by atoms with Crippen LogP contribution in [0.5, 0.6) is 11.5 Å². The summed E-state index contributed by atoms with van der Waals surface area (Å²) in [6.45, 7) is 5.12. The van der Waals surface area contributed by atoms with Crippen molar-refractivity contribution in [1.29, 1.82) is 0 Å². The number of nitrogens with two attached hydrogens (primary N) is 1. The average Bonchev–Trinajstić information content (AvgIpc) is 2.79. The summed E-state index contributed by atoms with van der Waals surface area (Å²) in [5.41, 5.74) is 8.74. The molecule has 1 aromatic carbocycles. The fraction of sp³-hybridized carbons (Fsp3) is 0.600. The van der Waals surface area contributed by atoms with Gasteiger partial charge in [0.1, 0.15) is 0 Å². The number of fused-ring (bicyclic) bond motifs is 1. The summed E-state index contributed by atoms with van der Waals surface area (Å²) in [5.74, 6) is 1.72. The van der Waals surface area contributed by atoms with Crippen LogP contribution in [0.15, 0.2) is 12.1 Å². The molecule has 1 heterocycles. The molecule has 104 valence electrons. The largest absolute Gasteiger partial charge is 0.454 e. The van der Waals surface area contributed by atoms with Crippen molar-refractivity contribution in [3.8, 4) is 11.5 Å². The van der Waals surface area contributed by atoms with E-state index < -0.39 is 0 Å². The average molecular weight is 262 g/mol. The van der Waals surface area contributed by atoms with Crippen molar-refractivity contribution >= 4 is 0 Å². The van der Waals surface area contributed by atoms with Gasteiger partial charge in [-0.2, -0.15) is 0 Å².